The first-order chi connectivity index (χ1) is 14.1. The fraction of sp³-hybridized carbons (Fsp3) is 0.318. The summed E-state index contributed by atoms with van der Waals surface area (Å²) < 4.78 is 11.1. The Morgan fingerprint density at radius 1 is 1.24 bits per heavy atom. The molecule has 3 aromatic rings. The second-order valence-corrected chi connectivity index (χ2v) is 7.26. The number of carbonyl (C=O) groups excluding carboxylic acids is 1. The van der Waals surface area contributed by atoms with Crippen molar-refractivity contribution in [1.29, 1.82) is 5.26 Å². The van der Waals surface area contributed by atoms with Gasteiger partial charge in [-0.15, -0.1) is 0 Å². The standard InChI is InChI=1S/C22H22N4O3/c1-14-5-3-6-17(15(14)2)24-20(27)16-8-10-26(11-9-16)22-18(13-23)25-21(29-22)19-7-4-12-28-19/h3-7,12,16H,8-11H2,1-2H3,(H,24,27). The van der Waals surface area contributed by atoms with Crippen molar-refractivity contribution in [3.63, 3.8) is 0 Å². The molecular weight excluding hydrogens is 368 g/mol. The lowest BCUT2D eigenvalue weighted by molar-refractivity contribution is -0.120. The molecule has 0 radical (unpaired) electrons. The third kappa shape index (κ3) is 3.74. The Balaban J connectivity index is 1.43. The molecule has 3 heterocycles. The summed E-state index contributed by atoms with van der Waals surface area (Å²) in [5.74, 6) is 1.16. The molecule has 2 aromatic heterocycles. The number of furan rings is 1. The average Bonchev–Trinajstić information content (AvgIpc) is 3.41. The Morgan fingerprint density at radius 3 is 2.72 bits per heavy atom. The largest absolute Gasteiger partial charge is 0.459 e. The van der Waals surface area contributed by atoms with Crippen molar-refractivity contribution in [2.75, 3.05) is 23.3 Å². The molecule has 1 aliphatic heterocycles. The van der Waals surface area contributed by atoms with Gasteiger partial charge in [0, 0.05) is 24.7 Å². The number of piperidine rings is 1. The van der Waals surface area contributed by atoms with Gasteiger partial charge in [-0.1, -0.05) is 12.1 Å². The van der Waals surface area contributed by atoms with Gasteiger partial charge in [-0.3, -0.25) is 4.79 Å². The molecule has 0 aliphatic carbocycles. The summed E-state index contributed by atoms with van der Waals surface area (Å²) in [7, 11) is 0. The van der Waals surface area contributed by atoms with Crippen molar-refractivity contribution in [2.45, 2.75) is 26.7 Å². The average molecular weight is 390 g/mol. The minimum Gasteiger partial charge on any atom is -0.459 e. The lowest BCUT2D eigenvalue weighted by Crippen LogP contribution is -2.38. The van der Waals surface area contributed by atoms with Crippen LogP contribution in [0.25, 0.3) is 11.7 Å². The van der Waals surface area contributed by atoms with E-state index in [9.17, 15) is 10.1 Å². The van der Waals surface area contributed by atoms with Gasteiger partial charge >= 0.3 is 0 Å². The molecule has 4 rings (SSSR count). The second-order valence-electron chi connectivity index (χ2n) is 7.26. The number of aryl methyl sites for hydroxylation is 1. The van der Waals surface area contributed by atoms with Crippen LogP contribution in [-0.2, 0) is 4.79 Å². The van der Waals surface area contributed by atoms with Crippen LogP contribution >= 0.6 is 0 Å². The van der Waals surface area contributed by atoms with E-state index < -0.39 is 0 Å². The minimum absolute atomic E-state index is 0.0349. The molecule has 0 unspecified atom stereocenters. The Bertz CT molecular complexity index is 1050. The third-order valence-corrected chi connectivity index (χ3v) is 5.46. The van der Waals surface area contributed by atoms with Gasteiger partial charge in [0.2, 0.25) is 17.5 Å². The number of aromatic nitrogens is 1. The maximum Gasteiger partial charge on any atom is 0.266 e. The van der Waals surface area contributed by atoms with Crippen LogP contribution < -0.4 is 10.2 Å². The normalized spacial score (nSPS) is 14.6. The van der Waals surface area contributed by atoms with E-state index in [1.165, 1.54) is 6.26 Å². The van der Waals surface area contributed by atoms with Crippen molar-refractivity contribution in [3.8, 4) is 17.7 Å². The molecule has 7 nitrogen and oxygen atoms in total. The zero-order valence-corrected chi connectivity index (χ0v) is 16.4. The van der Waals surface area contributed by atoms with Crippen LogP contribution in [0.5, 0.6) is 0 Å². The predicted octanol–water partition coefficient (Wildman–Crippen LogP) is 4.28. The van der Waals surface area contributed by atoms with Crippen molar-refractivity contribution < 1.29 is 13.6 Å². The van der Waals surface area contributed by atoms with E-state index >= 15 is 0 Å². The van der Waals surface area contributed by atoms with E-state index in [1.54, 1.807) is 12.1 Å². The molecule has 29 heavy (non-hydrogen) atoms. The number of nitriles is 1. The highest BCUT2D eigenvalue weighted by atomic mass is 16.4. The van der Waals surface area contributed by atoms with E-state index in [-0.39, 0.29) is 23.4 Å². The van der Waals surface area contributed by atoms with E-state index in [4.69, 9.17) is 8.83 Å². The lowest BCUT2D eigenvalue weighted by Gasteiger charge is -2.31. The number of oxazole rings is 1. The van der Waals surface area contributed by atoms with Gasteiger partial charge in [0.25, 0.3) is 5.89 Å². The highest BCUT2D eigenvalue weighted by Gasteiger charge is 2.29. The number of hydrogen-bond donors (Lipinski definition) is 1. The number of rotatable bonds is 4. The maximum absolute atomic E-state index is 12.7. The van der Waals surface area contributed by atoms with Gasteiger partial charge in [-0.2, -0.15) is 10.2 Å². The van der Waals surface area contributed by atoms with Gasteiger partial charge in [-0.25, -0.2) is 0 Å². The van der Waals surface area contributed by atoms with Gasteiger partial charge in [0.1, 0.15) is 6.07 Å². The molecule has 7 heteroatoms. The topological polar surface area (TPSA) is 95.3 Å². The molecule has 1 fully saturated rings. The van der Waals surface area contributed by atoms with Gasteiger partial charge in [0.05, 0.1) is 6.26 Å². The van der Waals surface area contributed by atoms with Crippen molar-refractivity contribution in [2.24, 2.45) is 5.92 Å². The zero-order valence-electron chi connectivity index (χ0n) is 16.4. The Labute approximate surface area is 168 Å². The number of benzene rings is 1. The van der Waals surface area contributed by atoms with Gasteiger partial charge in [0.15, 0.2) is 5.76 Å². The number of anilines is 2. The highest BCUT2D eigenvalue weighted by molar-refractivity contribution is 5.93. The van der Waals surface area contributed by atoms with Gasteiger partial charge in [-0.05, 0) is 56.0 Å². The van der Waals surface area contributed by atoms with Crippen LogP contribution in [0.3, 0.4) is 0 Å². The molecule has 1 amide bonds. The van der Waals surface area contributed by atoms with Gasteiger partial charge < -0.3 is 19.1 Å². The van der Waals surface area contributed by atoms with E-state index in [1.807, 2.05) is 36.9 Å². The van der Waals surface area contributed by atoms with Crippen LogP contribution in [0.4, 0.5) is 11.6 Å². The van der Waals surface area contributed by atoms with Crippen LogP contribution in [0.15, 0.2) is 45.4 Å². The lowest BCUT2D eigenvalue weighted by atomic mass is 9.95. The summed E-state index contributed by atoms with van der Waals surface area (Å²) in [5, 5.41) is 12.5. The maximum atomic E-state index is 12.7. The summed E-state index contributed by atoms with van der Waals surface area (Å²) in [6.07, 6.45) is 2.89. The molecule has 1 aromatic carbocycles. The zero-order chi connectivity index (χ0) is 20.4. The second kappa shape index (κ2) is 7.84. The predicted molar refractivity (Wildman–Crippen MR) is 108 cm³/mol. The van der Waals surface area contributed by atoms with E-state index in [2.05, 4.69) is 16.4 Å². The first kappa shape index (κ1) is 18.8. The van der Waals surface area contributed by atoms with Crippen LogP contribution in [0.1, 0.15) is 29.7 Å². The fourth-order valence-electron chi connectivity index (χ4n) is 3.57. The highest BCUT2D eigenvalue weighted by Crippen LogP contribution is 2.31. The van der Waals surface area contributed by atoms with E-state index in [0.717, 1.165) is 16.8 Å². The molecule has 0 bridgehead atoms. The van der Waals surface area contributed by atoms with Crippen molar-refractivity contribution >= 4 is 17.5 Å². The first-order valence-electron chi connectivity index (χ1n) is 9.63. The Morgan fingerprint density at radius 2 is 2.03 bits per heavy atom. The Hall–Kier alpha value is -3.53. The molecule has 0 atom stereocenters. The SMILES string of the molecule is Cc1cccc(NC(=O)C2CCN(c3oc(-c4ccco4)nc3C#N)CC2)c1C. The van der Waals surface area contributed by atoms with Crippen LogP contribution in [-0.4, -0.2) is 24.0 Å². The molecule has 0 spiro atoms. The molecule has 1 aliphatic rings. The number of nitrogens with zero attached hydrogens (tertiary/aromatic N) is 3. The smallest absolute Gasteiger partial charge is 0.266 e. The quantitative estimate of drug-likeness (QED) is 0.714. The van der Waals surface area contributed by atoms with Crippen LogP contribution in [0, 0.1) is 31.1 Å². The summed E-state index contributed by atoms with van der Waals surface area (Å²) in [4.78, 5) is 18.9. The summed E-state index contributed by atoms with van der Waals surface area (Å²) >= 11 is 0. The summed E-state index contributed by atoms with van der Waals surface area (Å²) in [6, 6.07) is 11.5. The molecular formula is C22H22N4O3. The van der Waals surface area contributed by atoms with Crippen LogP contribution in [0.2, 0.25) is 0 Å². The number of carbonyl (C=O) groups is 1. The first-order valence-corrected chi connectivity index (χ1v) is 9.63. The number of hydrogen-bond acceptors (Lipinski definition) is 6. The molecule has 0 saturated carbocycles. The minimum atomic E-state index is -0.0795. The van der Waals surface area contributed by atoms with Crippen molar-refractivity contribution in [3.05, 3.63) is 53.4 Å². The molecule has 1 saturated heterocycles. The van der Waals surface area contributed by atoms with E-state index in [0.29, 0.717) is 37.6 Å². The Kier molecular flexibility index (Phi) is 5.09. The third-order valence-electron chi connectivity index (χ3n) is 5.46. The van der Waals surface area contributed by atoms with Crippen molar-refractivity contribution in [1.82, 2.24) is 4.98 Å². The fourth-order valence-corrected chi connectivity index (χ4v) is 3.57. The number of nitrogens with one attached hydrogen (secondary N) is 1. The number of amides is 1. The summed E-state index contributed by atoms with van der Waals surface area (Å²) in [5.41, 5.74) is 3.33. The monoisotopic (exact) mass is 390 g/mol. The molecule has 148 valence electrons. The summed E-state index contributed by atoms with van der Waals surface area (Å²) in [6.45, 7) is 5.28. The molecule has 1 N–H and O–H groups in total.